The van der Waals surface area contributed by atoms with Crippen molar-refractivity contribution in [2.75, 3.05) is 13.2 Å². The Kier molecular flexibility index (Phi) is 7.08. The van der Waals surface area contributed by atoms with Crippen molar-refractivity contribution in [3.63, 3.8) is 0 Å². The molecule has 0 atom stereocenters. The van der Waals surface area contributed by atoms with Crippen LogP contribution in [-0.2, 0) is 4.79 Å². The minimum atomic E-state index is -0.579. The first-order chi connectivity index (χ1) is 14.3. The second kappa shape index (κ2) is 9.56. The maximum Gasteiger partial charge on any atom is 0.282 e. The number of hydrogen-bond acceptors (Lipinski definition) is 6. The summed E-state index contributed by atoms with van der Waals surface area (Å²) in [6, 6.07) is 8.85. The molecule has 0 bridgehead atoms. The van der Waals surface area contributed by atoms with Crippen LogP contribution in [0, 0.1) is 10.5 Å². The molecule has 1 aromatic heterocycles. The van der Waals surface area contributed by atoms with E-state index in [2.05, 4.69) is 48.6 Å². The number of rotatable bonds is 7. The number of benzene rings is 2. The van der Waals surface area contributed by atoms with Crippen LogP contribution in [0.4, 0.5) is 0 Å². The van der Waals surface area contributed by atoms with Crippen LogP contribution in [0.15, 0.2) is 44.7 Å². The first-order valence-electron chi connectivity index (χ1n) is 8.91. The number of hydrogen-bond donors (Lipinski definition) is 1. The van der Waals surface area contributed by atoms with E-state index >= 15 is 0 Å². The highest BCUT2D eigenvalue weighted by molar-refractivity contribution is 14.1. The van der Waals surface area contributed by atoms with Crippen LogP contribution in [0.3, 0.4) is 0 Å². The van der Waals surface area contributed by atoms with Gasteiger partial charge < -0.3 is 15.2 Å². The first-order valence-corrected chi connectivity index (χ1v) is 10.8. The summed E-state index contributed by atoms with van der Waals surface area (Å²) in [5.74, 6) is 0.770. The molecule has 2 N–H and O–H groups in total. The van der Waals surface area contributed by atoms with Gasteiger partial charge in [0.05, 0.1) is 27.3 Å². The molecule has 0 fully saturated rings. The summed E-state index contributed by atoms with van der Waals surface area (Å²) in [6.07, 6.45) is 1.54. The van der Waals surface area contributed by atoms with E-state index < -0.39 is 5.91 Å². The maximum absolute atomic E-state index is 12.9. The van der Waals surface area contributed by atoms with E-state index in [-0.39, 0.29) is 12.2 Å². The lowest BCUT2D eigenvalue weighted by Gasteiger charge is -2.13. The zero-order chi connectivity index (χ0) is 21.8. The average molecular weight is 585 g/mol. The second-order valence-corrected chi connectivity index (χ2v) is 8.28. The zero-order valence-corrected chi connectivity index (χ0v) is 19.9. The van der Waals surface area contributed by atoms with E-state index in [0.717, 1.165) is 4.47 Å². The number of nitrogens with two attached hydrogens (primary N) is 1. The molecule has 10 heteroatoms. The summed E-state index contributed by atoms with van der Waals surface area (Å²) in [5.41, 5.74) is 6.19. The van der Waals surface area contributed by atoms with Gasteiger partial charge in [0.15, 0.2) is 18.1 Å². The van der Waals surface area contributed by atoms with E-state index in [4.69, 9.17) is 15.2 Å². The number of nitrogens with zero attached hydrogens (tertiary/aromatic N) is 3. The van der Waals surface area contributed by atoms with E-state index in [1.807, 2.05) is 13.0 Å². The predicted octanol–water partition coefficient (Wildman–Crippen LogP) is 3.22. The summed E-state index contributed by atoms with van der Waals surface area (Å²) >= 11 is 5.45. The molecule has 1 heterocycles. The van der Waals surface area contributed by atoms with Gasteiger partial charge in [-0.1, -0.05) is 15.9 Å². The molecule has 0 spiro atoms. The standard InChI is InChI=1S/C20H18BrIN4O4/c1-3-29-17-7-12(6-15(22)19(17)30-10-18(23)27)9-24-26-11(2)25-16-5-4-13(21)8-14(16)20(26)28/h4-9H,3,10H2,1-2H3,(H2,23,27). The summed E-state index contributed by atoms with van der Waals surface area (Å²) in [4.78, 5) is 28.4. The molecule has 0 aliphatic heterocycles. The molecule has 8 nitrogen and oxygen atoms in total. The lowest BCUT2D eigenvalue weighted by molar-refractivity contribution is -0.119. The lowest BCUT2D eigenvalue weighted by atomic mass is 10.2. The van der Waals surface area contributed by atoms with Gasteiger partial charge in [-0.3, -0.25) is 9.59 Å². The Hall–Kier alpha value is -2.47. The third-order valence-electron chi connectivity index (χ3n) is 3.98. The number of carbonyl (C=O) groups excluding carboxylic acids is 1. The van der Waals surface area contributed by atoms with Crippen molar-refractivity contribution < 1.29 is 14.3 Å². The maximum atomic E-state index is 12.9. The van der Waals surface area contributed by atoms with Gasteiger partial charge in [0, 0.05) is 4.47 Å². The normalized spacial score (nSPS) is 11.2. The first kappa shape index (κ1) is 22.2. The smallest absolute Gasteiger partial charge is 0.282 e. The summed E-state index contributed by atoms with van der Waals surface area (Å²) < 4.78 is 13.9. The Morgan fingerprint density at radius 1 is 1.33 bits per heavy atom. The number of carbonyl (C=O) groups is 1. The van der Waals surface area contributed by atoms with Gasteiger partial charge in [0.1, 0.15) is 5.82 Å². The molecule has 0 aliphatic rings. The van der Waals surface area contributed by atoms with Crippen molar-refractivity contribution in [1.29, 1.82) is 0 Å². The monoisotopic (exact) mass is 584 g/mol. The molecule has 3 aromatic rings. The highest BCUT2D eigenvalue weighted by atomic mass is 127. The molecule has 0 radical (unpaired) electrons. The Morgan fingerprint density at radius 2 is 2.10 bits per heavy atom. The van der Waals surface area contributed by atoms with Gasteiger partial charge in [-0.2, -0.15) is 9.78 Å². The molecular formula is C20H18BrIN4O4. The molecule has 0 unspecified atom stereocenters. The summed E-state index contributed by atoms with van der Waals surface area (Å²) in [7, 11) is 0. The van der Waals surface area contributed by atoms with E-state index in [1.54, 1.807) is 37.4 Å². The van der Waals surface area contributed by atoms with Crippen molar-refractivity contribution in [2.45, 2.75) is 13.8 Å². The molecular weight excluding hydrogens is 567 g/mol. The van der Waals surface area contributed by atoms with Crippen LogP contribution in [0.25, 0.3) is 10.9 Å². The number of amides is 1. The number of primary amides is 1. The Labute approximate surface area is 194 Å². The van der Waals surface area contributed by atoms with Gasteiger partial charge >= 0.3 is 0 Å². The number of ether oxygens (including phenoxy) is 2. The molecule has 156 valence electrons. The zero-order valence-electron chi connectivity index (χ0n) is 16.2. The minimum Gasteiger partial charge on any atom is -0.490 e. The number of fused-ring (bicyclic) bond motifs is 1. The molecule has 0 aliphatic carbocycles. The van der Waals surface area contributed by atoms with Crippen LogP contribution in [0.1, 0.15) is 18.3 Å². The fourth-order valence-electron chi connectivity index (χ4n) is 2.73. The van der Waals surface area contributed by atoms with Crippen LogP contribution < -0.4 is 20.8 Å². The van der Waals surface area contributed by atoms with E-state index in [0.29, 0.717) is 44.0 Å². The average Bonchev–Trinajstić information content (AvgIpc) is 2.68. The van der Waals surface area contributed by atoms with Gasteiger partial charge in [0.25, 0.3) is 11.5 Å². The molecule has 0 saturated carbocycles. The third kappa shape index (κ3) is 4.98. The van der Waals surface area contributed by atoms with Crippen molar-refractivity contribution in [3.05, 3.63) is 60.1 Å². The fourth-order valence-corrected chi connectivity index (χ4v) is 3.87. The van der Waals surface area contributed by atoms with Crippen LogP contribution >= 0.6 is 38.5 Å². The molecule has 0 saturated heterocycles. The van der Waals surface area contributed by atoms with Gasteiger partial charge in [-0.25, -0.2) is 4.98 Å². The largest absolute Gasteiger partial charge is 0.490 e. The quantitative estimate of drug-likeness (QED) is 0.339. The van der Waals surface area contributed by atoms with Crippen molar-refractivity contribution >= 4 is 61.5 Å². The van der Waals surface area contributed by atoms with Crippen LogP contribution in [0.2, 0.25) is 0 Å². The van der Waals surface area contributed by atoms with Gasteiger partial charge in [-0.05, 0) is 72.3 Å². The van der Waals surface area contributed by atoms with E-state index in [1.165, 1.54) is 4.68 Å². The number of halogens is 2. The second-order valence-electron chi connectivity index (χ2n) is 6.20. The molecule has 3 rings (SSSR count). The van der Waals surface area contributed by atoms with Crippen molar-refractivity contribution in [2.24, 2.45) is 10.8 Å². The SMILES string of the molecule is CCOc1cc(C=Nn2c(C)nc3ccc(Br)cc3c2=O)cc(I)c1OCC(N)=O. The Morgan fingerprint density at radius 3 is 2.80 bits per heavy atom. The summed E-state index contributed by atoms with van der Waals surface area (Å²) in [6.45, 7) is 3.71. The number of aromatic nitrogens is 2. The Balaban J connectivity index is 2.01. The molecule has 1 amide bonds. The van der Waals surface area contributed by atoms with Gasteiger partial charge in [-0.15, -0.1) is 0 Å². The Bertz CT molecular complexity index is 1210. The highest BCUT2D eigenvalue weighted by Crippen LogP contribution is 2.34. The molecule has 30 heavy (non-hydrogen) atoms. The highest BCUT2D eigenvalue weighted by Gasteiger charge is 2.13. The third-order valence-corrected chi connectivity index (χ3v) is 5.28. The number of aryl methyl sites for hydroxylation is 1. The van der Waals surface area contributed by atoms with Crippen molar-refractivity contribution in [3.8, 4) is 11.5 Å². The van der Waals surface area contributed by atoms with Crippen LogP contribution in [0.5, 0.6) is 11.5 Å². The topological polar surface area (TPSA) is 109 Å². The van der Waals surface area contributed by atoms with Crippen LogP contribution in [-0.4, -0.2) is 35.0 Å². The molecule has 2 aromatic carbocycles. The van der Waals surface area contributed by atoms with Gasteiger partial charge in [0.2, 0.25) is 0 Å². The lowest BCUT2D eigenvalue weighted by Crippen LogP contribution is -2.21. The fraction of sp³-hybridized carbons (Fsp3) is 0.200. The summed E-state index contributed by atoms with van der Waals surface area (Å²) in [5, 5.41) is 4.79. The minimum absolute atomic E-state index is 0.254. The van der Waals surface area contributed by atoms with E-state index in [9.17, 15) is 9.59 Å². The van der Waals surface area contributed by atoms with Crippen molar-refractivity contribution in [1.82, 2.24) is 9.66 Å². The predicted molar refractivity (Wildman–Crippen MR) is 126 cm³/mol.